The predicted molar refractivity (Wildman–Crippen MR) is 227 cm³/mol. The van der Waals surface area contributed by atoms with Crippen LogP contribution >= 0.6 is 24.2 Å². The Morgan fingerprint density at radius 2 is 1.68 bits per heavy atom. The summed E-state index contributed by atoms with van der Waals surface area (Å²) in [6.45, 7) is 13.2. The first-order valence-electron chi connectivity index (χ1n) is 20.6. The lowest BCUT2D eigenvalue weighted by Crippen LogP contribution is -2.77. The van der Waals surface area contributed by atoms with Crippen molar-refractivity contribution in [3.05, 3.63) is 81.8 Å². The molecule has 16 heteroatoms. The number of imide groups is 1. The second-order valence-electron chi connectivity index (χ2n) is 17.9. The molecule has 13 nitrogen and oxygen atoms in total. The number of nitrogens with zero attached hydrogens (tertiary/aromatic N) is 7. The zero-order valence-electron chi connectivity index (χ0n) is 34.2. The summed E-state index contributed by atoms with van der Waals surface area (Å²) in [7, 11) is 0. The van der Waals surface area contributed by atoms with Crippen molar-refractivity contribution in [1.82, 2.24) is 19.7 Å². The fraction of sp³-hybridized carbons (Fsp3) is 0.500. The van der Waals surface area contributed by atoms with Gasteiger partial charge in [-0.1, -0.05) is 39.3 Å². The second-order valence-corrected chi connectivity index (χ2v) is 18.8. The largest absolute Gasteiger partial charge is 0.489 e. The monoisotopic (exact) mass is 856 g/mol. The van der Waals surface area contributed by atoms with E-state index in [4.69, 9.17) is 34.7 Å². The summed E-state index contributed by atoms with van der Waals surface area (Å²) in [4.78, 5) is 67.6. The highest BCUT2D eigenvalue weighted by Gasteiger charge is 2.68. The van der Waals surface area contributed by atoms with E-state index in [9.17, 15) is 24.4 Å². The van der Waals surface area contributed by atoms with Crippen molar-refractivity contribution in [3.63, 3.8) is 0 Å². The second kappa shape index (κ2) is 15.8. The molecule has 5 heterocycles. The number of amides is 4. The van der Waals surface area contributed by atoms with E-state index in [-0.39, 0.29) is 23.8 Å². The van der Waals surface area contributed by atoms with E-state index < -0.39 is 57.9 Å². The minimum atomic E-state index is -0.963. The van der Waals surface area contributed by atoms with Crippen LogP contribution in [0.25, 0.3) is 0 Å². The van der Waals surface area contributed by atoms with Crippen LogP contribution in [0.3, 0.4) is 0 Å². The molecular weight excluding hydrogens is 807 g/mol. The van der Waals surface area contributed by atoms with Gasteiger partial charge in [0, 0.05) is 86.5 Å². The predicted octanol–water partition coefficient (Wildman–Crippen LogP) is 5.67. The van der Waals surface area contributed by atoms with Gasteiger partial charge in [0.15, 0.2) is 0 Å². The van der Waals surface area contributed by atoms with Crippen LogP contribution in [0.2, 0.25) is 5.02 Å². The van der Waals surface area contributed by atoms with Gasteiger partial charge in [0.1, 0.15) is 41.0 Å². The number of fused-ring (bicyclic) bond motifs is 1. The first-order valence-corrected chi connectivity index (χ1v) is 21.4. The van der Waals surface area contributed by atoms with Gasteiger partial charge in [0.05, 0.1) is 27.9 Å². The quantitative estimate of drug-likeness (QED) is 0.203. The molecule has 8 rings (SSSR count). The minimum Gasteiger partial charge on any atom is -0.489 e. The van der Waals surface area contributed by atoms with Crippen LogP contribution in [0.4, 0.5) is 15.9 Å². The van der Waals surface area contributed by atoms with E-state index in [1.165, 1.54) is 22.1 Å². The molecule has 0 unspecified atom stereocenters. The molecule has 3 aromatic rings. The number of carbonyl (C=O) groups excluding carboxylic acids is 4. The maximum atomic E-state index is 16.0. The van der Waals surface area contributed by atoms with Gasteiger partial charge in [0.25, 0.3) is 11.8 Å². The molecule has 0 radical (unpaired) electrons. The summed E-state index contributed by atoms with van der Waals surface area (Å²) in [6, 6.07) is 11.9. The molecule has 1 aliphatic carbocycles. The lowest BCUT2D eigenvalue weighted by molar-refractivity contribution is -0.216. The Kier molecular flexibility index (Phi) is 11.0. The average Bonchev–Trinajstić information content (AvgIpc) is 3.45. The maximum Gasteiger partial charge on any atom is 0.256 e. The molecule has 1 saturated carbocycles. The number of rotatable bonds is 9. The number of aromatic nitrogens is 1. The highest BCUT2D eigenvalue weighted by atomic mass is 35.5. The van der Waals surface area contributed by atoms with Crippen molar-refractivity contribution in [3.8, 4) is 11.8 Å². The van der Waals surface area contributed by atoms with Crippen molar-refractivity contribution < 1.29 is 28.3 Å². The van der Waals surface area contributed by atoms with Crippen molar-refractivity contribution in [1.29, 1.82) is 5.26 Å². The molecule has 0 spiro atoms. The Labute approximate surface area is 360 Å². The molecule has 2 atom stereocenters. The van der Waals surface area contributed by atoms with Gasteiger partial charge in [-0.25, -0.2) is 9.37 Å². The average molecular weight is 857 g/mol. The number of halogens is 2. The lowest BCUT2D eigenvalue weighted by Gasteiger charge is -2.66. The molecule has 3 saturated heterocycles. The number of hydrogen-bond acceptors (Lipinski definition) is 11. The normalized spacial score (nSPS) is 25.5. The lowest BCUT2D eigenvalue weighted by atomic mass is 9.48. The fourth-order valence-corrected chi connectivity index (χ4v) is 11.4. The summed E-state index contributed by atoms with van der Waals surface area (Å²) in [6.07, 6.45) is 3.32. The Morgan fingerprint density at radius 1 is 0.983 bits per heavy atom. The fourth-order valence-electron chi connectivity index (χ4n) is 10.7. The highest BCUT2D eigenvalue weighted by Crippen LogP contribution is 2.59. The van der Waals surface area contributed by atoms with Crippen molar-refractivity contribution in [2.45, 2.75) is 76.9 Å². The first-order chi connectivity index (χ1) is 28.5. The smallest absolute Gasteiger partial charge is 0.256 e. The number of likely N-dealkylation sites (tertiary alicyclic amines) is 1. The third-order valence-electron chi connectivity index (χ3n) is 13.4. The van der Waals surface area contributed by atoms with Gasteiger partial charge in [-0.15, -0.1) is 12.6 Å². The summed E-state index contributed by atoms with van der Waals surface area (Å²) in [5.74, 6) is -0.305. The van der Waals surface area contributed by atoms with Crippen molar-refractivity contribution in [2.75, 3.05) is 55.6 Å². The number of anilines is 2. The summed E-state index contributed by atoms with van der Waals surface area (Å²) < 4.78 is 22.4. The highest BCUT2D eigenvalue weighted by molar-refractivity contribution is 7.80. The molecule has 316 valence electrons. The molecular formula is C44H50ClFN8O5S. The summed E-state index contributed by atoms with van der Waals surface area (Å²) in [5.41, 5.74) is 5.78. The van der Waals surface area contributed by atoms with Crippen LogP contribution < -0.4 is 20.3 Å². The van der Waals surface area contributed by atoms with Crippen molar-refractivity contribution in [2.24, 2.45) is 22.5 Å². The standard InChI is InChI=1S/C44H50ClFN8O5S/c1-43(2)41(44(3,4)42(43)59-28-7-5-26(22-47)31(45)19-28)54-36(55)10-8-33(39(54)58)53-38(57)29-21-34(32(46)20-30(29)40(53)60)51-17-15-50(16-18-51)24-25-11-13-52(14-12-25)35-9-6-27(23-49-35)37(48)56/h5-7,9,19-21,23,25,33,40-42,60H,8,10-18,24H2,1-4H3,(H2,48,56)/t33-,40-,41?,42?/m1/s1. The SMILES string of the molecule is CC1(C)C(Oc2ccc(C#N)c(Cl)c2)C(C)(C)C1N1C(=O)CC[C@@H](N2C(=O)c3cc(N4CCN(CC5CCN(c6ccc(C(N)=O)cn6)CC5)CC4)c(F)cc3[C@H]2S)C1=O. The van der Waals surface area contributed by atoms with Gasteiger partial charge in [-0.2, -0.15) is 5.26 Å². The third-order valence-corrected chi connectivity index (χ3v) is 14.3. The van der Waals surface area contributed by atoms with Crippen LogP contribution in [0.5, 0.6) is 5.75 Å². The Hall–Kier alpha value is -4.91. The number of hydrogen-bond donors (Lipinski definition) is 2. The molecule has 1 aromatic heterocycles. The maximum absolute atomic E-state index is 16.0. The number of piperazine rings is 1. The number of thiol groups is 1. The van der Waals surface area contributed by atoms with E-state index in [2.05, 4.69) is 14.8 Å². The number of pyridine rings is 1. The van der Waals surface area contributed by atoms with Crippen LogP contribution in [0.15, 0.2) is 48.7 Å². The number of carbonyl (C=O) groups is 4. The Bertz CT molecular complexity index is 2250. The van der Waals surface area contributed by atoms with E-state index in [1.807, 2.05) is 44.7 Å². The van der Waals surface area contributed by atoms with E-state index >= 15 is 4.39 Å². The molecule has 60 heavy (non-hydrogen) atoms. The van der Waals surface area contributed by atoms with Gasteiger partial charge in [0.2, 0.25) is 11.8 Å². The van der Waals surface area contributed by atoms with Crippen molar-refractivity contribution >= 4 is 59.4 Å². The van der Waals surface area contributed by atoms with Crippen LogP contribution in [0.1, 0.15) is 90.6 Å². The third kappa shape index (κ3) is 7.24. The summed E-state index contributed by atoms with van der Waals surface area (Å²) in [5, 5.41) is 8.69. The molecule has 0 bridgehead atoms. The zero-order valence-corrected chi connectivity index (χ0v) is 35.9. The minimum absolute atomic E-state index is 0.0584. The van der Waals surface area contributed by atoms with Gasteiger partial charge in [-0.3, -0.25) is 29.0 Å². The molecule has 2 aromatic carbocycles. The Balaban J connectivity index is 0.902. The number of primary amides is 1. The molecule has 4 fully saturated rings. The topological polar surface area (TPSA) is 156 Å². The number of benzene rings is 2. The molecule has 5 aliphatic rings. The van der Waals surface area contributed by atoms with E-state index in [0.717, 1.165) is 51.4 Å². The van der Waals surface area contributed by atoms with Gasteiger partial charge < -0.3 is 25.2 Å². The van der Waals surface area contributed by atoms with Crippen LogP contribution in [-0.4, -0.2) is 107 Å². The zero-order chi connectivity index (χ0) is 42.8. The van der Waals surface area contributed by atoms with Gasteiger partial charge >= 0.3 is 0 Å². The van der Waals surface area contributed by atoms with Crippen LogP contribution in [0, 0.1) is 33.9 Å². The number of ether oxygens (including phenoxy) is 1. The molecule has 2 N–H and O–H groups in total. The summed E-state index contributed by atoms with van der Waals surface area (Å²) >= 11 is 11.1. The number of nitrogens with two attached hydrogens (primary N) is 1. The molecule has 4 aliphatic heterocycles. The first kappa shape index (κ1) is 41.8. The van der Waals surface area contributed by atoms with Gasteiger partial charge in [-0.05, 0) is 61.6 Å². The van der Waals surface area contributed by atoms with E-state index in [1.54, 1.807) is 30.3 Å². The molecule has 4 amide bonds. The van der Waals surface area contributed by atoms with E-state index in [0.29, 0.717) is 52.7 Å². The van der Waals surface area contributed by atoms with Crippen LogP contribution in [-0.2, 0) is 9.59 Å². The number of nitriles is 1. The number of piperidine rings is 2. The Morgan fingerprint density at radius 3 is 2.30 bits per heavy atom.